The Bertz CT molecular complexity index is 1220. The van der Waals surface area contributed by atoms with Crippen molar-refractivity contribution in [1.29, 1.82) is 0 Å². The molecule has 32 heavy (non-hydrogen) atoms. The maximum absolute atomic E-state index is 12.7. The summed E-state index contributed by atoms with van der Waals surface area (Å²) in [6.07, 6.45) is 0. The highest BCUT2D eigenvalue weighted by molar-refractivity contribution is 7.92. The summed E-state index contributed by atoms with van der Waals surface area (Å²) in [6, 6.07) is 16.9. The van der Waals surface area contributed by atoms with Gasteiger partial charge in [-0.3, -0.25) is 9.52 Å². The largest absolute Gasteiger partial charge is 0.495 e. The summed E-state index contributed by atoms with van der Waals surface area (Å²) < 4.78 is 38.8. The lowest BCUT2D eigenvalue weighted by molar-refractivity contribution is -0.118. The van der Waals surface area contributed by atoms with Gasteiger partial charge in [-0.25, -0.2) is 8.42 Å². The molecule has 2 N–H and O–H groups in total. The van der Waals surface area contributed by atoms with E-state index in [0.717, 1.165) is 16.7 Å². The van der Waals surface area contributed by atoms with E-state index in [2.05, 4.69) is 10.0 Å². The molecule has 3 aromatic rings. The maximum atomic E-state index is 12.7. The Morgan fingerprint density at radius 2 is 1.50 bits per heavy atom. The van der Waals surface area contributed by atoms with Gasteiger partial charge in [-0.15, -0.1) is 0 Å². The summed E-state index contributed by atoms with van der Waals surface area (Å²) in [5, 5.41) is 2.75. The van der Waals surface area contributed by atoms with Gasteiger partial charge in [-0.2, -0.15) is 0 Å². The predicted molar refractivity (Wildman–Crippen MR) is 125 cm³/mol. The minimum atomic E-state index is -3.75. The first-order chi connectivity index (χ1) is 15.2. The molecule has 7 nitrogen and oxygen atoms in total. The zero-order valence-electron chi connectivity index (χ0n) is 18.4. The van der Waals surface area contributed by atoms with Gasteiger partial charge in [0.1, 0.15) is 11.5 Å². The molecule has 0 saturated carbocycles. The van der Waals surface area contributed by atoms with E-state index in [9.17, 15) is 13.2 Å². The Morgan fingerprint density at radius 3 is 2.16 bits per heavy atom. The van der Waals surface area contributed by atoms with Crippen molar-refractivity contribution in [2.75, 3.05) is 23.8 Å². The third-order valence-corrected chi connectivity index (χ3v) is 6.15. The normalized spacial score (nSPS) is 11.0. The molecule has 3 aromatic carbocycles. The molecule has 0 atom stereocenters. The van der Waals surface area contributed by atoms with E-state index >= 15 is 0 Å². The average Bonchev–Trinajstić information content (AvgIpc) is 2.75. The van der Waals surface area contributed by atoms with Crippen LogP contribution in [0.1, 0.15) is 16.7 Å². The summed E-state index contributed by atoms with van der Waals surface area (Å²) in [7, 11) is -2.22. The van der Waals surface area contributed by atoms with Crippen LogP contribution in [0.5, 0.6) is 11.5 Å². The molecular weight excluding hydrogens is 428 g/mol. The molecule has 0 saturated heterocycles. The molecule has 168 valence electrons. The van der Waals surface area contributed by atoms with E-state index in [4.69, 9.17) is 9.47 Å². The van der Waals surface area contributed by atoms with Crippen LogP contribution in [0.25, 0.3) is 0 Å². The summed E-state index contributed by atoms with van der Waals surface area (Å²) in [6.45, 7) is 5.42. The molecule has 3 rings (SSSR count). The van der Waals surface area contributed by atoms with Gasteiger partial charge in [0.25, 0.3) is 15.9 Å². The third-order valence-electron chi connectivity index (χ3n) is 4.77. The Morgan fingerprint density at radius 1 is 0.875 bits per heavy atom. The van der Waals surface area contributed by atoms with Gasteiger partial charge in [-0.05, 0) is 79.9 Å². The van der Waals surface area contributed by atoms with Gasteiger partial charge in [0, 0.05) is 0 Å². The summed E-state index contributed by atoms with van der Waals surface area (Å²) in [5.41, 5.74) is 3.86. The average molecular weight is 455 g/mol. The number of carbonyl (C=O) groups is 1. The van der Waals surface area contributed by atoms with Crippen molar-refractivity contribution in [2.24, 2.45) is 0 Å². The summed E-state index contributed by atoms with van der Waals surface area (Å²) in [5.74, 6) is 0.569. The standard InChI is InChI=1S/C24H26N2O5S/c1-16-5-7-18(3)21(13-16)26-32(28,29)20-10-8-19(9-11-20)31-15-24(27)25-22-14-17(2)6-12-23(22)30-4/h5-14,26H,15H2,1-4H3,(H,25,27). The topological polar surface area (TPSA) is 93.7 Å². The second kappa shape index (κ2) is 9.74. The highest BCUT2D eigenvalue weighted by atomic mass is 32.2. The van der Waals surface area contributed by atoms with Crippen LogP contribution in [0.3, 0.4) is 0 Å². The van der Waals surface area contributed by atoms with Crippen LogP contribution in [0.2, 0.25) is 0 Å². The van der Waals surface area contributed by atoms with Crippen molar-refractivity contribution in [3.8, 4) is 11.5 Å². The van der Waals surface area contributed by atoms with E-state index in [-0.39, 0.29) is 17.4 Å². The number of benzene rings is 3. The van der Waals surface area contributed by atoms with Crippen LogP contribution in [-0.2, 0) is 14.8 Å². The molecule has 0 aromatic heterocycles. The lowest BCUT2D eigenvalue weighted by Gasteiger charge is -2.13. The van der Waals surface area contributed by atoms with Crippen molar-refractivity contribution in [3.63, 3.8) is 0 Å². The molecule has 1 amide bonds. The van der Waals surface area contributed by atoms with Gasteiger partial charge in [0.15, 0.2) is 6.61 Å². The van der Waals surface area contributed by atoms with Crippen LogP contribution >= 0.6 is 0 Å². The van der Waals surface area contributed by atoms with E-state index in [0.29, 0.717) is 22.9 Å². The number of amides is 1. The van der Waals surface area contributed by atoms with E-state index in [1.165, 1.54) is 31.4 Å². The zero-order chi connectivity index (χ0) is 23.3. The number of methoxy groups -OCH3 is 1. The van der Waals surface area contributed by atoms with E-state index < -0.39 is 10.0 Å². The van der Waals surface area contributed by atoms with Crippen LogP contribution in [0.15, 0.2) is 65.6 Å². The van der Waals surface area contributed by atoms with Crippen LogP contribution in [0, 0.1) is 20.8 Å². The molecule has 0 unspecified atom stereocenters. The van der Waals surface area contributed by atoms with Crippen LogP contribution in [-0.4, -0.2) is 28.0 Å². The molecular formula is C24H26N2O5S. The fraction of sp³-hybridized carbons (Fsp3) is 0.208. The molecule has 0 heterocycles. The van der Waals surface area contributed by atoms with Gasteiger partial charge in [-0.1, -0.05) is 18.2 Å². The molecule has 0 bridgehead atoms. The number of rotatable bonds is 8. The van der Waals surface area contributed by atoms with Gasteiger partial charge in [0.05, 0.1) is 23.4 Å². The smallest absolute Gasteiger partial charge is 0.262 e. The summed E-state index contributed by atoms with van der Waals surface area (Å²) in [4.78, 5) is 12.4. The third kappa shape index (κ3) is 5.79. The predicted octanol–water partition coefficient (Wildman–Crippen LogP) is 4.44. The highest BCUT2D eigenvalue weighted by Gasteiger charge is 2.16. The second-order valence-electron chi connectivity index (χ2n) is 7.44. The zero-order valence-corrected chi connectivity index (χ0v) is 19.2. The first kappa shape index (κ1) is 23.1. The quantitative estimate of drug-likeness (QED) is 0.525. The molecule has 0 fully saturated rings. The van der Waals surface area contributed by atoms with Crippen LogP contribution in [0.4, 0.5) is 11.4 Å². The first-order valence-corrected chi connectivity index (χ1v) is 11.4. The Balaban J connectivity index is 1.62. The number of ether oxygens (including phenoxy) is 2. The molecule has 0 aliphatic heterocycles. The number of sulfonamides is 1. The number of hydrogen-bond acceptors (Lipinski definition) is 5. The molecule has 0 radical (unpaired) electrons. The molecule has 0 spiro atoms. The van der Waals surface area contributed by atoms with Crippen molar-refractivity contribution in [1.82, 2.24) is 0 Å². The number of hydrogen-bond donors (Lipinski definition) is 2. The van der Waals surface area contributed by atoms with Crippen molar-refractivity contribution in [2.45, 2.75) is 25.7 Å². The molecule has 8 heteroatoms. The second-order valence-corrected chi connectivity index (χ2v) is 9.12. The Hall–Kier alpha value is -3.52. The van der Waals surface area contributed by atoms with Crippen molar-refractivity contribution < 1.29 is 22.7 Å². The maximum Gasteiger partial charge on any atom is 0.262 e. The highest BCUT2D eigenvalue weighted by Crippen LogP contribution is 2.25. The number of anilines is 2. The SMILES string of the molecule is COc1ccc(C)cc1NC(=O)COc1ccc(S(=O)(=O)Nc2cc(C)ccc2C)cc1. The minimum Gasteiger partial charge on any atom is -0.495 e. The first-order valence-electron chi connectivity index (χ1n) is 9.95. The fourth-order valence-electron chi connectivity index (χ4n) is 3.02. The van der Waals surface area contributed by atoms with Gasteiger partial charge < -0.3 is 14.8 Å². The Labute approximate surface area is 188 Å². The number of nitrogens with one attached hydrogen (secondary N) is 2. The van der Waals surface area contributed by atoms with Gasteiger partial charge >= 0.3 is 0 Å². The van der Waals surface area contributed by atoms with Gasteiger partial charge in [0.2, 0.25) is 0 Å². The lowest BCUT2D eigenvalue weighted by atomic mass is 10.1. The van der Waals surface area contributed by atoms with Crippen molar-refractivity contribution in [3.05, 3.63) is 77.4 Å². The van der Waals surface area contributed by atoms with E-state index in [1.54, 1.807) is 18.2 Å². The molecule has 0 aliphatic carbocycles. The monoisotopic (exact) mass is 454 g/mol. The summed E-state index contributed by atoms with van der Waals surface area (Å²) >= 11 is 0. The lowest BCUT2D eigenvalue weighted by Crippen LogP contribution is -2.20. The minimum absolute atomic E-state index is 0.0969. The molecule has 0 aliphatic rings. The van der Waals surface area contributed by atoms with E-state index in [1.807, 2.05) is 39.0 Å². The van der Waals surface area contributed by atoms with Crippen LogP contribution < -0.4 is 19.5 Å². The van der Waals surface area contributed by atoms with Crippen molar-refractivity contribution >= 4 is 27.3 Å². The number of aryl methyl sites for hydroxylation is 3. The fourth-order valence-corrected chi connectivity index (χ4v) is 4.14. The Kier molecular flexibility index (Phi) is 7.05. The number of carbonyl (C=O) groups excluding carboxylic acids is 1.